The van der Waals surface area contributed by atoms with Crippen LogP contribution in [0.3, 0.4) is 0 Å². The number of aromatic hydroxyl groups is 3. The number of aliphatic hydroxyl groups excluding tert-OH is 2. The highest BCUT2D eigenvalue weighted by molar-refractivity contribution is 5.95. The van der Waals surface area contributed by atoms with Gasteiger partial charge in [0.05, 0.1) is 30.8 Å². The molecule has 1 aromatic heterocycles. The maximum atomic E-state index is 15.8. The number of aliphatic hydroxyl groups is 2. The van der Waals surface area contributed by atoms with Gasteiger partial charge >= 0.3 is 0 Å². The first-order valence-corrected chi connectivity index (χ1v) is 23.3. The molecule has 5 atom stereocenters. The number of nitrogens with one attached hydrogen (secondary N) is 1. The second-order valence-corrected chi connectivity index (χ2v) is 18.3. The van der Waals surface area contributed by atoms with Crippen molar-refractivity contribution in [2.45, 2.75) is 114 Å². The molecule has 0 aliphatic heterocycles. The first-order valence-electron chi connectivity index (χ1n) is 23.3. The Labute approximate surface area is 382 Å². The Balaban J connectivity index is 1.20. The molecule has 0 spiro atoms. The Morgan fingerprint density at radius 2 is 1.60 bits per heavy atom. The van der Waals surface area contributed by atoms with Gasteiger partial charge in [0.1, 0.15) is 5.75 Å². The second-order valence-electron chi connectivity index (χ2n) is 18.3. The maximum Gasteiger partial charge on any atom is 0.164 e. The van der Waals surface area contributed by atoms with E-state index in [-0.39, 0.29) is 48.4 Å². The van der Waals surface area contributed by atoms with E-state index in [0.29, 0.717) is 48.4 Å². The van der Waals surface area contributed by atoms with Gasteiger partial charge in [0.25, 0.3) is 0 Å². The number of aromatic nitrogens is 1. The third-order valence-corrected chi connectivity index (χ3v) is 14.2. The lowest BCUT2D eigenvalue weighted by Gasteiger charge is -2.46. The fourth-order valence-electron chi connectivity index (χ4n) is 10.9. The Morgan fingerprint density at radius 1 is 0.815 bits per heavy atom. The number of hydrogen-bond donors (Lipinski definition) is 6. The highest BCUT2D eigenvalue weighted by Gasteiger charge is 2.54. The standard InChI is InChI=1S/C55H63N2O8/c1-4-37-15-16-38-10-8-9-13-44(38)46(37)30-47-39(17-20-49(60)53(47)64-3)28-40(24-35-22-23-57-33-35)52(62)45-18-21-51(61)55(54(45)63,41-25-36(32-56-2)26-42(58)29-41)31-34-14-19-48(59)50(27-34)65-43-11-6-5-7-12-43/h8-10,13-17,19-20,22-23,25-27,29,33,40,43,45,51-52,56,58-62H,4-7,11-12,18,21,24,28,30-32H2,1-3H3/q-1. The molecule has 342 valence electrons. The molecular weight excluding hydrogens is 817 g/mol. The molecule has 2 saturated carbocycles. The van der Waals surface area contributed by atoms with Crippen molar-refractivity contribution in [1.82, 2.24) is 10.3 Å². The zero-order chi connectivity index (χ0) is 45.7. The number of fused-ring (bicyclic) bond motifs is 1. The fraction of sp³-hybridized carbons (Fsp3) is 0.400. The van der Waals surface area contributed by atoms with E-state index in [1.165, 1.54) is 5.56 Å². The molecule has 2 aliphatic rings. The Morgan fingerprint density at radius 3 is 2.35 bits per heavy atom. The highest BCUT2D eigenvalue weighted by atomic mass is 16.5. The molecule has 1 heterocycles. The van der Waals surface area contributed by atoms with Crippen LogP contribution in [0.2, 0.25) is 0 Å². The van der Waals surface area contributed by atoms with Gasteiger partial charge in [0.2, 0.25) is 0 Å². The largest absolute Gasteiger partial charge is 0.670 e. The summed E-state index contributed by atoms with van der Waals surface area (Å²) in [5.74, 6) is -1.01. The van der Waals surface area contributed by atoms with Crippen LogP contribution in [0.5, 0.6) is 28.7 Å². The number of phenols is 3. The van der Waals surface area contributed by atoms with E-state index in [4.69, 9.17) is 9.47 Å². The molecule has 2 fully saturated rings. The van der Waals surface area contributed by atoms with Crippen LogP contribution >= 0.6 is 0 Å². The molecule has 2 aliphatic carbocycles. The summed E-state index contributed by atoms with van der Waals surface area (Å²) in [6.45, 7) is 2.55. The van der Waals surface area contributed by atoms with Gasteiger partial charge in [-0.3, -0.25) is 4.79 Å². The lowest BCUT2D eigenvalue weighted by molar-refractivity contribution is -0.144. The van der Waals surface area contributed by atoms with E-state index in [2.05, 4.69) is 41.5 Å². The van der Waals surface area contributed by atoms with Crippen LogP contribution in [0.15, 0.2) is 103 Å². The van der Waals surface area contributed by atoms with E-state index in [0.717, 1.165) is 77.1 Å². The molecule has 6 aromatic rings. The highest BCUT2D eigenvalue weighted by Crippen LogP contribution is 2.47. The van der Waals surface area contributed by atoms with Gasteiger partial charge < -0.3 is 45.3 Å². The van der Waals surface area contributed by atoms with Crippen LogP contribution in [-0.4, -0.2) is 63.8 Å². The zero-order valence-electron chi connectivity index (χ0n) is 37.8. The summed E-state index contributed by atoms with van der Waals surface area (Å²) in [7, 11) is 3.36. The van der Waals surface area contributed by atoms with Crippen LogP contribution < -0.4 is 19.8 Å². The number of ketones is 1. The summed E-state index contributed by atoms with van der Waals surface area (Å²) in [5, 5.41) is 64.0. The average molecular weight is 880 g/mol. The number of nitrogens with zero attached hydrogens (tertiary/aromatic N) is 1. The van der Waals surface area contributed by atoms with Crippen molar-refractivity contribution in [3.05, 3.63) is 148 Å². The number of hydrogen-bond acceptors (Lipinski definition) is 9. The van der Waals surface area contributed by atoms with Crippen molar-refractivity contribution in [3.8, 4) is 28.7 Å². The minimum Gasteiger partial charge on any atom is -0.670 e. The summed E-state index contributed by atoms with van der Waals surface area (Å²) in [6.07, 6.45) is 8.77. The van der Waals surface area contributed by atoms with Gasteiger partial charge in [-0.15, -0.1) is 0 Å². The van der Waals surface area contributed by atoms with Gasteiger partial charge in [0.15, 0.2) is 28.8 Å². The van der Waals surface area contributed by atoms with Gasteiger partial charge in [-0.05, 0) is 152 Å². The van der Waals surface area contributed by atoms with Crippen LogP contribution in [0, 0.1) is 11.8 Å². The summed E-state index contributed by atoms with van der Waals surface area (Å²) < 4.78 is 12.3. The first kappa shape index (κ1) is 45.7. The Hall–Kier alpha value is -5.81. The number of ether oxygens (including phenoxy) is 2. The molecule has 10 heteroatoms. The first-order chi connectivity index (χ1) is 31.5. The number of Topliss-reactive ketones (excluding diaryl/α,β-unsaturated/α-hetero) is 1. The predicted molar refractivity (Wildman–Crippen MR) is 253 cm³/mol. The van der Waals surface area contributed by atoms with Crippen LogP contribution in [0.4, 0.5) is 0 Å². The molecule has 65 heavy (non-hydrogen) atoms. The smallest absolute Gasteiger partial charge is 0.164 e. The van der Waals surface area contributed by atoms with Crippen molar-refractivity contribution in [2.75, 3.05) is 14.2 Å². The molecule has 0 radical (unpaired) electrons. The van der Waals surface area contributed by atoms with E-state index < -0.39 is 29.5 Å². The molecule has 0 bridgehead atoms. The van der Waals surface area contributed by atoms with E-state index in [1.54, 1.807) is 62.9 Å². The fourth-order valence-corrected chi connectivity index (χ4v) is 10.9. The average Bonchev–Trinajstić information content (AvgIpc) is 3.83. The normalized spacial score (nSPS) is 20.2. The monoisotopic (exact) mass is 879 g/mol. The number of methoxy groups -OCH3 is 1. The Kier molecular flexibility index (Phi) is 14.2. The van der Waals surface area contributed by atoms with E-state index in [1.807, 2.05) is 30.3 Å². The van der Waals surface area contributed by atoms with E-state index >= 15 is 4.79 Å². The molecule has 0 amide bonds. The summed E-state index contributed by atoms with van der Waals surface area (Å²) in [5.41, 5.74) is 5.24. The molecular formula is C55H63N2O8-. The number of benzene rings is 5. The van der Waals surface area contributed by atoms with Crippen LogP contribution in [0.25, 0.3) is 10.8 Å². The molecule has 0 saturated heterocycles. The number of phenolic OH excluding ortho intramolecular Hbond substituents is 3. The third kappa shape index (κ3) is 9.62. The van der Waals surface area contributed by atoms with Gasteiger partial charge in [-0.1, -0.05) is 79.6 Å². The number of carbonyl (C=O) groups is 1. The zero-order valence-corrected chi connectivity index (χ0v) is 37.8. The van der Waals surface area contributed by atoms with Gasteiger partial charge in [-0.2, -0.15) is 12.4 Å². The summed E-state index contributed by atoms with van der Waals surface area (Å²) >= 11 is 0. The quantitative estimate of drug-likeness (QED) is 0.0522. The second kappa shape index (κ2) is 20.1. The molecule has 5 unspecified atom stereocenters. The van der Waals surface area contributed by atoms with Crippen molar-refractivity contribution >= 4 is 16.6 Å². The molecule has 10 nitrogen and oxygen atoms in total. The van der Waals surface area contributed by atoms with Crippen molar-refractivity contribution < 1.29 is 39.8 Å². The minimum absolute atomic E-state index is 0.00676. The minimum atomic E-state index is -1.57. The predicted octanol–water partition coefficient (Wildman–Crippen LogP) is 8.79. The third-order valence-electron chi connectivity index (χ3n) is 14.2. The summed E-state index contributed by atoms with van der Waals surface area (Å²) in [6, 6.07) is 28.2. The van der Waals surface area contributed by atoms with E-state index in [9.17, 15) is 25.5 Å². The number of aryl methyl sites for hydroxylation is 1. The topological polar surface area (TPSA) is 163 Å². The molecule has 8 rings (SSSR count). The maximum absolute atomic E-state index is 15.8. The summed E-state index contributed by atoms with van der Waals surface area (Å²) in [4.78, 5) is 20.1. The van der Waals surface area contributed by atoms with Crippen LogP contribution in [-0.2, 0) is 48.9 Å². The number of carbonyl (C=O) groups excluding carboxylic acids is 1. The molecule has 5 aromatic carbocycles. The van der Waals surface area contributed by atoms with Crippen LogP contribution in [0.1, 0.15) is 96.4 Å². The lowest BCUT2D eigenvalue weighted by Crippen LogP contribution is -2.57. The number of rotatable bonds is 17. The SMILES string of the molecule is CCc1ccc2ccccc2c1Cc1c(CC(Cc2cc[n-]c2)C(O)C2CCC(O)C(Cc3ccc(O)c(OC4CCCCC4)c3)(c3cc(O)cc(CNC)c3)C2=O)ccc(O)c1OC. The molecule has 6 N–H and O–H groups in total. The van der Waals surface area contributed by atoms with Crippen molar-refractivity contribution in [3.63, 3.8) is 0 Å². The van der Waals surface area contributed by atoms with Crippen molar-refractivity contribution in [1.29, 1.82) is 0 Å². The Bertz CT molecular complexity index is 2580. The lowest BCUT2D eigenvalue weighted by atomic mass is 9.58. The van der Waals surface area contributed by atoms with Gasteiger partial charge in [0, 0.05) is 24.4 Å². The van der Waals surface area contributed by atoms with Crippen molar-refractivity contribution in [2.24, 2.45) is 11.8 Å². The van der Waals surface area contributed by atoms with Gasteiger partial charge in [-0.25, -0.2) is 0 Å².